The maximum atomic E-state index is 5.78. The molecule has 1 heterocycles. The monoisotopic (exact) mass is 249 g/mol. The molecule has 1 unspecified atom stereocenters. The van der Waals surface area contributed by atoms with Gasteiger partial charge in [0.1, 0.15) is 5.76 Å². The van der Waals surface area contributed by atoms with E-state index in [-0.39, 0.29) is 6.04 Å². The van der Waals surface area contributed by atoms with Crippen LogP contribution >= 0.6 is 11.6 Å². The van der Waals surface area contributed by atoms with Crippen LogP contribution in [0.15, 0.2) is 46.9 Å². The predicted molar refractivity (Wildman–Crippen MR) is 70.3 cm³/mol. The van der Waals surface area contributed by atoms with Crippen LogP contribution < -0.4 is 5.32 Å². The normalized spacial score (nSPS) is 12.6. The molecule has 0 fully saturated rings. The van der Waals surface area contributed by atoms with Gasteiger partial charge in [-0.25, -0.2) is 0 Å². The number of halogens is 1. The van der Waals surface area contributed by atoms with Crippen molar-refractivity contribution in [3.8, 4) is 0 Å². The Balaban J connectivity index is 1.97. The summed E-state index contributed by atoms with van der Waals surface area (Å²) in [5, 5.41) is 3.69. The maximum Gasteiger partial charge on any atom is 0.193 e. The molecule has 3 heteroatoms. The highest BCUT2D eigenvalue weighted by Gasteiger charge is 2.13. The van der Waals surface area contributed by atoms with Gasteiger partial charge in [-0.05, 0) is 49.2 Å². The van der Waals surface area contributed by atoms with Gasteiger partial charge in [-0.15, -0.1) is 0 Å². The van der Waals surface area contributed by atoms with E-state index < -0.39 is 0 Å². The summed E-state index contributed by atoms with van der Waals surface area (Å²) in [6.45, 7) is 0. The van der Waals surface area contributed by atoms with Crippen LogP contribution in [0.4, 0.5) is 0 Å². The zero-order chi connectivity index (χ0) is 12.1. The fourth-order valence-electron chi connectivity index (χ4n) is 1.90. The van der Waals surface area contributed by atoms with E-state index in [0.717, 1.165) is 18.6 Å². The average molecular weight is 250 g/mol. The molecule has 0 saturated carbocycles. The lowest BCUT2D eigenvalue weighted by Crippen LogP contribution is -2.16. The number of nitrogens with one attached hydrogen (secondary N) is 1. The molecule has 0 saturated heterocycles. The summed E-state index contributed by atoms with van der Waals surface area (Å²) in [5.41, 5.74) is 1.34. The van der Waals surface area contributed by atoms with E-state index in [1.54, 1.807) is 6.07 Å². The first-order valence-corrected chi connectivity index (χ1v) is 6.14. The summed E-state index contributed by atoms with van der Waals surface area (Å²) in [5.74, 6) is 0.897. The Morgan fingerprint density at radius 3 is 2.53 bits per heavy atom. The molecular weight excluding hydrogens is 234 g/mol. The van der Waals surface area contributed by atoms with E-state index in [0.29, 0.717) is 5.22 Å². The molecule has 1 aromatic heterocycles. The van der Waals surface area contributed by atoms with Crippen LogP contribution in [-0.2, 0) is 6.42 Å². The Morgan fingerprint density at radius 1 is 1.18 bits per heavy atom. The van der Waals surface area contributed by atoms with Gasteiger partial charge in [-0.1, -0.05) is 30.3 Å². The average Bonchev–Trinajstić information content (AvgIpc) is 2.78. The van der Waals surface area contributed by atoms with Crippen LogP contribution in [0.5, 0.6) is 0 Å². The molecule has 0 aliphatic carbocycles. The van der Waals surface area contributed by atoms with Crippen molar-refractivity contribution >= 4 is 11.6 Å². The summed E-state index contributed by atoms with van der Waals surface area (Å²) in [7, 11) is 1.94. The van der Waals surface area contributed by atoms with E-state index in [1.807, 2.05) is 19.2 Å². The molecule has 1 aromatic carbocycles. The first-order chi connectivity index (χ1) is 8.29. The maximum absolute atomic E-state index is 5.78. The van der Waals surface area contributed by atoms with Crippen molar-refractivity contribution in [2.75, 3.05) is 7.05 Å². The number of benzene rings is 1. The zero-order valence-electron chi connectivity index (χ0n) is 9.82. The minimum Gasteiger partial charge on any atom is -0.448 e. The van der Waals surface area contributed by atoms with Gasteiger partial charge in [0.15, 0.2) is 5.22 Å². The van der Waals surface area contributed by atoms with Gasteiger partial charge in [0, 0.05) is 0 Å². The Labute approximate surface area is 107 Å². The molecule has 90 valence electrons. The summed E-state index contributed by atoms with van der Waals surface area (Å²) in [6.07, 6.45) is 2.01. The minimum atomic E-state index is 0.211. The first kappa shape index (κ1) is 12.2. The molecule has 1 N–H and O–H groups in total. The lowest BCUT2D eigenvalue weighted by molar-refractivity contribution is 0.416. The molecular formula is C14H16ClNO. The van der Waals surface area contributed by atoms with Crippen molar-refractivity contribution in [2.45, 2.75) is 18.9 Å². The van der Waals surface area contributed by atoms with Crippen molar-refractivity contribution in [3.05, 3.63) is 59.0 Å². The minimum absolute atomic E-state index is 0.211. The number of furan rings is 1. The Hall–Kier alpha value is -1.25. The number of hydrogen-bond donors (Lipinski definition) is 1. The standard InChI is InChI=1S/C14H16ClNO/c1-16-12(13-9-10-14(15)17-13)8-7-11-5-3-2-4-6-11/h2-6,9-10,12,16H,7-8H2,1H3. The van der Waals surface area contributed by atoms with E-state index in [4.69, 9.17) is 16.0 Å². The molecule has 0 spiro atoms. The Morgan fingerprint density at radius 2 is 1.94 bits per heavy atom. The van der Waals surface area contributed by atoms with Gasteiger partial charge >= 0.3 is 0 Å². The van der Waals surface area contributed by atoms with Gasteiger partial charge in [0.05, 0.1) is 6.04 Å². The third-order valence-corrected chi connectivity index (χ3v) is 3.05. The van der Waals surface area contributed by atoms with Crippen molar-refractivity contribution in [1.29, 1.82) is 0 Å². The van der Waals surface area contributed by atoms with E-state index in [1.165, 1.54) is 5.56 Å². The van der Waals surface area contributed by atoms with Gasteiger partial charge < -0.3 is 9.73 Å². The smallest absolute Gasteiger partial charge is 0.193 e. The van der Waals surface area contributed by atoms with Crippen molar-refractivity contribution in [2.24, 2.45) is 0 Å². The Kier molecular flexibility index (Phi) is 4.24. The van der Waals surface area contributed by atoms with Crippen LogP contribution in [0.25, 0.3) is 0 Å². The molecule has 1 atom stereocenters. The second kappa shape index (κ2) is 5.89. The Bertz CT molecular complexity index is 452. The van der Waals surface area contributed by atoms with Crippen molar-refractivity contribution in [1.82, 2.24) is 5.32 Å². The second-order valence-electron chi connectivity index (χ2n) is 4.01. The number of hydrogen-bond acceptors (Lipinski definition) is 2. The number of aryl methyl sites for hydroxylation is 1. The molecule has 0 aliphatic rings. The summed E-state index contributed by atoms with van der Waals surface area (Å²) in [4.78, 5) is 0. The SMILES string of the molecule is CNC(CCc1ccccc1)c1ccc(Cl)o1. The second-order valence-corrected chi connectivity index (χ2v) is 4.38. The molecule has 0 amide bonds. The molecule has 0 aliphatic heterocycles. The third-order valence-electron chi connectivity index (χ3n) is 2.85. The summed E-state index contributed by atoms with van der Waals surface area (Å²) >= 11 is 5.78. The molecule has 2 rings (SSSR count). The molecule has 2 nitrogen and oxygen atoms in total. The zero-order valence-corrected chi connectivity index (χ0v) is 10.6. The fourth-order valence-corrected chi connectivity index (χ4v) is 2.05. The fraction of sp³-hybridized carbons (Fsp3) is 0.286. The summed E-state index contributed by atoms with van der Waals surface area (Å²) < 4.78 is 5.43. The van der Waals surface area contributed by atoms with E-state index >= 15 is 0 Å². The van der Waals surface area contributed by atoms with E-state index in [9.17, 15) is 0 Å². The van der Waals surface area contributed by atoms with Crippen LogP contribution in [0.2, 0.25) is 5.22 Å². The largest absolute Gasteiger partial charge is 0.448 e. The predicted octanol–water partition coefficient (Wildman–Crippen LogP) is 3.83. The number of rotatable bonds is 5. The lowest BCUT2D eigenvalue weighted by Gasteiger charge is -2.13. The highest BCUT2D eigenvalue weighted by atomic mass is 35.5. The quantitative estimate of drug-likeness (QED) is 0.871. The van der Waals surface area contributed by atoms with Crippen LogP contribution in [-0.4, -0.2) is 7.05 Å². The van der Waals surface area contributed by atoms with Crippen LogP contribution in [0, 0.1) is 0 Å². The van der Waals surface area contributed by atoms with Gasteiger partial charge in [0.2, 0.25) is 0 Å². The lowest BCUT2D eigenvalue weighted by atomic mass is 10.0. The highest BCUT2D eigenvalue weighted by molar-refractivity contribution is 6.28. The van der Waals surface area contributed by atoms with Crippen molar-refractivity contribution in [3.63, 3.8) is 0 Å². The highest BCUT2D eigenvalue weighted by Crippen LogP contribution is 2.23. The molecule has 0 radical (unpaired) electrons. The van der Waals surface area contributed by atoms with E-state index in [2.05, 4.69) is 29.6 Å². The van der Waals surface area contributed by atoms with Gasteiger partial charge in [0.25, 0.3) is 0 Å². The van der Waals surface area contributed by atoms with Gasteiger partial charge in [-0.2, -0.15) is 0 Å². The summed E-state index contributed by atoms with van der Waals surface area (Å²) in [6, 6.07) is 14.4. The van der Waals surface area contributed by atoms with Crippen LogP contribution in [0.3, 0.4) is 0 Å². The molecule has 2 aromatic rings. The molecule has 0 bridgehead atoms. The first-order valence-electron chi connectivity index (χ1n) is 5.76. The van der Waals surface area contributed by atoms with Crippen molar-refractivity contribution < 1.29 is 4.42 Å². The van der Waals surface area contributed by atoms with Gasteiger partial charge in [-0.3, -0.25) is 0 Å². The molecule has 17 heavy (non-hydrogen) atoms. The van der Waals surface area contributed by atoms with Crippen LogP contribution in [0.1, 0.15) is 23.8 Å². The third kappa shape index (κ3) is 3.35. The topological polar surface area (TPSA) is 25.2 Å².